The predicted molar refractivity (Wildman–Crippen MR) is 148 cm³/mol. The highest BCUT2D eigenvalue weighted by molar-refractivity contribution is 7.13. The lowest BCUT2D eigenvalue weighted by Crippen LogP contribution is -2.19. The molecule has 190 valence electrons. The van der Waals surface area contributed by atoms with Crippen molar-refractivity contribution >= 4 is 44.9 Å². The number of hydrogen-bond acceptors (Lipinski definition) is 6. The first-order valence-corrected chi connectivity index (χ1v) is 13.0. The fraction of sp³-hybridized carbons (Fsp3) is 0.179. The van der Waals surface area contributed by atoms with Gasteiger partial charge in [0.1, 0.15) is 11.4 Å². The van der Waals surface area contributed by atoms with E-state index < -0.39 is 5.82 Å². The van der Waals surface area contributed by atoms with Gasteiger partial charge in [0, 0.05) is 28.6 Å². The molecule has 0 atom stereocenters. The van der Waals surface area contributed by atoms with Crippen LogP contribution in [-0.2, 0) is 4.79 Å². The summed E-state index contributed by atoms with van der Waals surface area (Å²) in [5.74, 6) is -0.234. The van der Waals surface area contributed by atoms with E-state index in [1.807, 2.05) is 56.5 Å². The van der Waals surface area contributed by atoms with Gasteiger partial charge < -0.3 is 10.3 Å². The van der Waals surface area contributed by atoms with E-state index in [2.05, 4.69) is 30.5 Å². The minimum atomic E-state index is -0.551. The van der Waals surface area contributed by atoms with Crippen molar-refractivity contribution in [3.8, 4) is 33.2 Å². The van der Waals surface area contributed by atoms with Gasteiger partial charge in [-0.05, 0) is 29.0 Å². The molecule has 0 aliphatic heterocycles. The summed E-state index contributed by atoms with van der Waals surface area (Å²) in [4.78, 5) is 30.1. The molecular weight excluding hydrogens is 501 g/mol. The van der Waals surface area contributed by atoms with Crippen molar-refractivity contribution < 1.29 is 9.18 Å². The van der Waals surface area contributed by atoms with Gasteiger partial charge >= 0.3 is 0 Å². The third-order valence-electron chi connectivity index (χ3n) is 6.05. The molecule has 5 heterocycles. The molecule has 0 radical (unpaired) electrons. The molecule has 0 aliphatic carbocycles. The number of carbonyl (C=O) groups excluding carboxylic acids is 1. The van der Waals surface area contributed by atoms with Crippen LogP contribution in [0.3, 0.4) is 0 Å². The van der Waals surface area contributed by atoms with Crippen LogP contribution in [-0.4, -0.2) is 36.0 Å². The summed E-state index contributed by atoms with van der Waals surface area (Å²) in [5.41, 5.74) is 4.29. The number of benzene rings is 1. The molecule has 38 heavy (non-hydrogen) atoms. The maximum Gasteiger partial charge on any atom is 0.224 e. The van der Waals surface area contributed by atoms with E-state index in [1.165, 1.54) is 18.6 Å². The number of thiophene rings is 1. The van der Waals surface area contributed by atoms with Crippen molar-refractivity contribution in [1.29, 1.82) is 0 Å². The van der Waals surface area contributed by atoms with Crippen molar-refractivity contribution in [2.24, 2.45) is 5.41 Å². The van der Waals surface area contributed by atoms with Crippen LogP contribution in [0.15, 0.2) is 60.4 Å². The van der Waals surface area contributed by atoms with Crippen LogP contribution in [0.4, 0.5) is 10.1 Å². The van der Waals surface area contributed by atoms with Crippen LogP contribution in [0, 0.1) is 11.2 Å². The summed E-state index contributed by atoms with van der Waals surface area (Å²) in [5, 5.41) is 12.4. The number of aromatic nitrogens is 6. The molecule has 0 aliphatic rings. The number of H-pyrrole nitrogens is 2. The fourth-order valence-corrected chi connectivity index (χ4v) is 5.20. The number of fused-ring (bicyclic) bond motifs is 2. The average molecular weight is 526 g/mol. The van der Waals surface area contributed by atoms with Gasteiger partial charge in [-0.25, -0.2) is 9.37 Å². The van der Waals surface area contributed by atoms with Gasteiger partial charge in [-0.3, -0.25) is 19.9 Å². The smallest absolute Gasteiger partial charge is 0.224 e. The summed E-state index contributed by atoms with van der Waals surface area (Å²) in [7, 11) is 0. The second-order valence-electron chi connectivity index (χ2n) is 10.3. The second kappa shape index (κ2) is 9.14. The first kappa shape index (κ1) is 23.9. The Morgan fingerprint density at radius 3 is 2.74 bits per heavy atom. The molecule has 0 spiro atoms. The molecule has 8 nitrogen and oxygen atoms in total. The number of amides is 1. The Balaban J connectivity index is 1.40. The highest BCUT2D eigenvalue weighted by Gasteiger charge is 2.22. The number of nitrogens with zero attached hydrogens (tertiary/aromatic N) is 4. The molecule has 0 fully saturated rings. The first-order valence-electron chi connectivity index (χ1n) is 12.1. The van der Waals surface area contributed by atoms with Gasteiger partial charge in [0.2, 0.25) is 5.91 Å². The number of pyridine rings is 2. The highest BCUT2D eigenvalue weighted by Crippen LogP contribution is 2.35. The van der Waals surface area contributed by atoms with Gasteiger partial charge in [-0.1, -0.05) is 39.0 Å². The van der Waals surface area contributed by atoms with E-state index in [0.717, 1.165) is 21.5 Å². The lowest BCUT2D eigenvalue weighted by Gasteiger charge is -2.17. The van der Waals surface area contributed by atoms with E-state index >= 15 is 4.39 Å². The summed E-state index contributed by atoms with van der Waals surface area (Å²) in [6, 6.07) is 11.6. The molecule has 0 saturated heterocycles. The maximum absolute atomic E-state index is 16.0. The van der Waals surface area contributed by atoms with Crippen molar-refractivity contribution in [2.75, 3.05) is 5.32 Å². The van der Waals surface area contributed by atoms with E-state index in [9.17, 15) is 4.79 Å². The summed E-state index contributed by atoms with van der Waals surface area (Å²) < 4.78 is 16.0. The average Bonchev–Trinajstić information content (AvgIpc) is 3.62. The Morgan fingerprint density at radius 1 is 1.08 bits per heavy atom. The van der Waals surface area contributed by atoms with E-state index in [1.54, 1.807) is 17.4 Å². The van der Waals surface area contributed by atoms with E-state index in [4.69, 9.17) is 4.98 Å². The number of hydrogen-bond donors (Lipinski definition) is 3. The molecule has 1 amide bonds. The minimum absolute atomic E-state index is 0.106. The predicted octanol–water partition coefficient (Wildman–Crippen LogP) is 6.81. The Hall–Kier alpha value is -4.44. The lowest BCUT2D eigenvalue weighted by atomic mass is 9.92. The molecule has 1 aromatic carbocycles. The molecule has 0 saturated carbocycles. The normalized spacial score (nSPS) is 11.9. The van der Waals surface area contributed by atoms with Crippen LogP contribution >= 0.6 is 11.3 Å². The minimum Gasteiger partial charge on any atom is -0.337 e. The third kappa shape index (κ3) is 4.43. The lowest BCUT2D eigenvalue weighted by molar-refractivity contribution is -0.117. The monoisotopic (exact) mass is 525 g/mol. The van der Waals surface area contributed by atoms with Crippen molar-refractivity contribution in [2.45, 2.75) is 27.2 Å². The number of aromatic amines is 2. The summed E-state index contributed by atoms with van der Waals surface area (Å²) >= 11 is 1.63. The molecule has 6 aromatic rings. The quantitative estimate of drug-likeness (QED) is 0.229. The number of rotatable bonds is 5. The fourth-order valence-electron chi connectivity index (χ4n) is 4.45. The molecule has 5 aromatic heterocycles. The van der Waals surface area contributed by atoms with Gasteiger partial charge in [-0.2, -0.15) is 5.10 Å². The van der Waals surface area contributed by atoms with Crippen molar-refractivity contribution in [3.63, 3.8) is 0 Å². The number of imidazole rings is 1. The van der Waals surface area contributed by atoms with Crippen LogP contribution in [0.2, 0.25) is 0 Å². The second-order valence-corrected chi connectivity index (χ2v) is 11.2. The van der Waals surface area contributed by atoms with Crippen LogP contribution in [0.1, 0.15) is 27.2 Å². The SMILES string of the molecule is CC(C)(C)CC(=O)Nc1cncc(-c2ncc3[nH]nc(-c4nc5c(-c6cccs6)cccc5[nH]4)c3c2F)c1. The molecule has 3 N–H and O–H groups in total. The van der Waals surface area contributed by atoms with Crippen molar-refractivity contribution in [3.05, 3.63) is 66.2 Å². The molecule has 0 bridgehead atoms. The standard InChI is InChI=1S/C28H24FN7OS/c1-28(2,3)11-21(37)32-16-10-15(12-30-13-16)24-23(29)22-19(14-31-24)35-36-26(22)27-33-18-7-4-6-17(25(18)34-27)20-8-5-9-38-20/h4-10,12-14H,11H2,1-3H3,(H,32,37)(H,33,34)(H,35,36). The molecule has 6 rings (SSSR count). The summed E-state index contributed by atoms with van der Waals surface area (Å²) in [6.45, 7) is 5.97. The van der Waals surface area contributed by atoms with Gasteiger partial charge in [0.25, 0.3) is 0 Å². The Labute approximate surface area is 221 Å². The largest absolute Gasteiger partial charge is 0.337 e. The number of carbonyl (C=O) groups is 1. The topological polar surface area (TPSA) is 112 Å². The van der Waals surface area contributed by atoms with Crippen LogP contribution in [0.25, 0.3) is 55.2 Å². The zero-order valence-electron chi connectivity index (χ0n) is 21.0. The van der Waals surface area contributed by atoms with Gasteiger partial charge in [-0.15, -0.1) is 11.3 Å². The van der Waals surface area contributed by atoms with E-state index in [0.29, 0.717) is 34.7 Å². The number of halogens is 1. The zero-order chi connectivity index (χ0) is 26.4. The number of anilines is 1. The number of nitrogens with one attached hydrogen (secondary N) is 3. The van der Waals surface area contributed by atoms with Crippen LogP contribution in [0.5, 0.6) is 0 Å². The van der Waals surface area contributed by atoms with Gasteiger partial charge in [0.15, 0.2) is 11.6 Å². The molecule has 10 heteroatoms. The Bertz CT molecular complexity index is 1800. The molecular formula is C28H24FN7OS. The number of para-hydroxylation sites is 1. The Kier molecular flexibility index (Phi) is 5.76. The van der Waals surface area contributed by atoms with E-state index in [-0.39, 0.29) is 22.4 Å². The first-order chi connectivity index (χ1) is 18.3. The maximum atomic E-state index is 16.0. The molecule has 0 unspecified atom stereocenters. The Morgan fingerprint density at radius 2 is 1.95 bits per heavy atom. The highest BCUT2D eigenvalue weighted by atomic mass is 32.1. The third-order valence-corrected chi connectivity index (χ3v) is 6.96. The van der Waals surface area contributed by atoms with Crippen molar-refractivity contribution in [1.82, 2.24) is 30.1 Å². The van der Waals surface area contributed by atoms with Gasteiger partial charge in [0.05, 0.1) is 40.0 Å². The zero-order valence-corrected chi connectivity index (χ0v) is 21.8. The summed E-state index contributed by atoms with van der Waals surface area (Å²) in [6.07, 6.45) is 4.93. The van der Waals surface area contributed by atoms with Crippen LogP contribution < -0.4 is 5.32 Å².